The zero-order valence-corrected chi connectivity index (χ0v) is 21.2. The number of rotatable bonds is 15. The van der Waals surface area contributed by atoms with E-state index in [2.05, 4.69) is 29.9 Å². The van der Waals surface area contributed by atoms with Crippen molar-refractivity contribution in [2.24, 2.45) is 0 Å². The Labute approximate surface area is 206 Å². The molecule has 0 bridgehead atoms. The predicted molar refractivity (Wildman–Crippen MR) is 142 cm³/mol. The van der Waals surface area contributed by atoms with Crippen molar-refractivity contribution in [1.82, 2.24) is 9.97 Å². The Morgan fingerprint density at radius 3 is 1.71 bits per heavy atom. The minimum absolute atomic E-state index is 0.144. The molecule has 182 valence electrons. The van der Waals surface area contributed by atoms with Crippen LogP contribution in [-0.4, -0.2) is 9.97 Å². The van der Waals surface area contributed by atoms with Gasteiger partial charge >= 0.3 is 0 Å². The molecule has 1 heterocycles. The van der Waals surface area contributed by atoms with Crippen LogP contribution in [0.3, 0.4) is 0 Å². The third-order valence-corrected chi connectivity index (χ3v) is 6.58. The maximum absolute atomic E-state index is 14.8. The summed E-state index contributed by atoms with van der Waals surface area (Å²) < 4.78 is 14.8. The molecule has 0 spiro atoms. The molecule has 0 amide bonds. The van der Waals surface area contributed by atoms with Gasteiger partial charge in [0.05, 0.1) is 0 Å². The molecule has 0 atom stereocenters. The first kappa shape index (κ1) is 26.1. The van der Waals surface area contributed by atoms with Crippen molar-refractivity contribution in [2.45, 2.75) is 97.3 Å². The molecule has 0 radical (unpaired) electrons. The van der Waals surface area contributed by atoms with E-state index in [9.17, 15) is 4.39 Å². The summed E-state index contributed by atoms with van der Waals surface area (Å²) in [5.74, 6) is 0.575. The van der Waals surface area contributed by atoms with Crippen LogP contribution < -0.4 is 0 Å². The standard InChI is InChI=1S/C31H41FN2/c1-3-5-7-9-11-13-15-26-23-33-31(34-24-26)28-19-17-27(18-20-28)29-21-16-25(22-30(29)32)14-12-10-8-6-4-2/h16-24H,3-15H2,1-2H3. The highest BCUT2D eigenvalue weighted by Gasteiger charge is 2.08. The second-order valence-electron chi connectivity index (χ2n) is 9.49. The lowest BCUT2D eigenvalue weighted by atomic mass is 9.99. The Hall–Kier alpha value is -2.55. The van der Waals surface area contributed by atoms with Crippen molar-refractivity contribution in [1.29, 1.82) is 0 Å². The first-order valence-corrected chi connectivity index (χ1v) is 13.4. The zero-order chi connectivity index (χ0) is 24.0. The van der Waals surface area contributed by atoms with Gasteiger partial charge in [-0.3, -0.25) is 0 Å². The van der Waals surface area contributed by atoms with E-state index in [0.717, 1.165) is 41.8 Å². The van der Waals surface area contributed by atoms with Gasteiger partial charge in [0.15, 0.2) is 5.82 Å². The third kappa shape index (κ3) is 8.34. The fourth-order valence-corrected chi connectivity index (χ4v) is 4.42. The van der Waals surface area contributed by atoms with E-state index < -0.39 is 0 Å². The summed E-state index contributed by atoms with van der Waals surface area (Å²) in [7, 11) is 0. The molecule has 3 heteroatoms. The van der Waals surface area contributed by atoms with Gasteiger partial charge in [-0.15, -0.1) is 0 Å². The summed E-state index contributed by atoms with van der Waals surface area (Å²) in [4.78, 5) is 9.14. The van der Waals surface area contributed by atoms with Gasteiger partial charge in [0.2, 0.25) is 0 Å². The average Bonchev–Trinajstić information content (AvgIpc) is 2.87. The highest BCUT2D eigenvalue weighted by atomic mass is 19.1. The van der Waals surface area contributed by atoms with E-state index in [0.29, 0.717) is 5.56 Å². The lowest BCUT2D eigenvalue weighted by Gasteiger charge is -2.08. The first-order valence-electron chi connectivity index (χ1n) is 13.4. The number of aryl methyl sites for hydroxylation is 2. The van der Waals surface area contributed by atoms with Gasteiger partial charge in [0.1, 0.15) is 5.82 Å². The number of hydrogen-bond acceptors (Lipinski definition) is 2. The SMILES string of the molecule is CCCCCCCCc1cnc(-c2ccc(-c3ccc(CCCCCCC)cc3F)cc2)nc1. The van der Waals surface area contributed by atoms with E-state index in [1.54, 1.807) is 6.07 Å². The number of unbranched alkanes of at least 4 members (excludes halogenated alkanes) is 9. The van der Waals surface area contributed by atoms with E-state index in [-0.39, 0.29) is 5.82 Å². The number of halogens is 1. The van der Waals surface area contributed by atoms with Gasteiger partial charge in [-0.25, -0.2) is 14.4 Å². The zero-order valence-electron chi connectivity index (χ0n) is 21.2. The highest BCUT2D eigenvalue weighted by molar-refractivity contribution is 5.68. The normalized spacial score (nSPS) is 11.1. The molecule has 1 aromatic heterocycles. The Bertz CT molecular complexity index is 964. The van der Waals surface area contributed by atoms with Crippen LogP contribution in [0.15, 0.2) is 54.9 Å². The van der Waals surface area contributed by atoms with Crippen molar-refractivity contribution in [3.63, 3.8) is 0 Å². The van der Waals surface area contributed by atoms with E-state index in [1.807, 2.05) is 42.7 Å². The molecule has 0 N–H and O–H groups in total. The van der Waals surface area contributed by atoms with Crippen LogP contribution in [0.25, 0.3) is 22.5 Å². The molecular weight excluding hydrogens is 419 g/mol. The van der Waals surface area contributed by atoms with Gasteiger partial charge in [0.25, 0.3) is 0 Å². The van der Waals surface area contributed by atoms with Crippen LogP contribution in [0, 0.1) is 5.82 Å². The molecule has 0 aliphatic heterocycles. The predicted octanol–water partition coefficient (Wildman–Crippen LogP) is 9.37. The van der Waals surface area contributed by atoms with E-state index in [4.69, 9.17) is 0 Å². The summed E-state index contributed by atoms with van der Waals surface area (Å²) in [6, 6.07) is 13.6. The van der Waals surface area contributed by atoms with Crippen LogP contribution in [0.2, 0.25) is 0 Å². The van der Waals surface area contributed by atoms with Crippen LogP contribution in [-0.2, 0) is 12.8 Å². The Morgan fingerprint density at radius 2 is 1.12 bits per heavy atom. The summed E-state index contributed by atoms with van der Waals surface area (Å²) in [5, 5.41) is 0. The van der Waals surface area contributed by atoms with Gasteiger partial charge in [-0.1, -0.05) is 108 Å². The molecule has 3 aromatic rings. The summed E-state index contributed by atoms with van der Waals surface area (Å²) in [6.07, 6.45) is 19.8. The average molecular weight is 461 g/mol. The Morgan fingerprint density at radius 1 is 0.588 bits per heavy atom. The fraction of sp³-hybridized carbons (Fsp3) is 0.484. The van der Waals surface area contributed by atoms with E-state index in [1.165, 1.54) is 69.8 Å². The molecule has 0 aliphatic rings. The van der Waals surface area contributed by atoms with Crippen LogP contribution in [0.1, 0.15) is 95.6 Å². The molecule has 0 aliphatic carbocycles. The molecule has 0 saturated heterocycles. The molecule has 34 heavy (non-hydrogen) atoms. The smallest absolute Gasteiger partial charge is 0.159 e. The maximum atomic E-state index is 14.8. The minimum Gasteiger partial charge on any atom is -0.236 e. The fourth-order valence-electron chi connectivity index (χ4n) is 4.42. The van der Waals surface area contributed by atoms with Crippen molar-refractivity contribution in [3.05, 3.63) is 71.8 Å². The number of benzene rings is 2. The molecule has 0 saturated carbocycles. The molecule has 0 fully saturated rings. The Kier molecular flexibility index (Phi) is 11.2. The topological polar surface area (TPSA) is 25.8 Å². The lowest BCUT2D eigenvalue weighted by Crippen LogP contribution is -1.94. The number of hydrogen-bond donors (Lipinski definition) is 0. The van der Waals surface area contributed by atoms with Gasteiger partial charge in [-0.05, 0) is 48.4 Å². The van der Waals surface area contributed by atoms with Crippen LogP contribution in [0.4, 0.5) is 4.39 Å². The van der Waals surface area contributed by atoms with E-state index >= 15 is 0 Å². The second kappa shape index (κ2) is 14.7. The van der Waals surface area contributed by atoms with Gasteiger partial charge in [0, 0.05) is 23.5 Å². The van der Waals surface area contributed by atoms with Crippen molar-refractivity contribution in [3.8, 4) is 22.5 Å². The molecule has 2 aromatic carbocycles. The van der Waals surface area contributed by atoms with Gasteiger partial charge in [-0.2, -0.15) is 0 Å². The summed E-state index contributed by atoms with van der Waals surface area (Å²) >= 11 is 0. The lowest BCUT2D eigenvalue weighted by molar-refractivity contribution is 0.607. The molecule has 2 nitrogen and oxygen atoms in total. The Balaban J connectivity index is 1.53. The second-order valence-corrected chi connectivity index (χ2v) is 9.49. The minimum atomic E-state index is -0.144. The maximum Gasteiger partial charge on any atom is 0.159 e. The molecular formula is C31H41FN2. The van der Waals surface area contributed by atoms with Crippen molar-refractivity contribution in [2.75, 3.05) is 0 Å². The highest BCUT2D eigenvalue weighted by Crippen LogP contribution is 2.27. The number of aromatic nitrogens is 2. The molecule has 0 unspecified atom stereocenters. The van der Waals surface area contributed by atoms with Crippen molar-refractivity contribution >= 4 is 0 Å². The molecule has 3 rings (SSSR count). The van der Waals surface area contributed by atoms with Gasteiger partial charge < -0.3 is 0 Å². The third-order valence-electron chi connectivity index (χ3n) is 6.58. The van der Waals surface area contributed by atoms with Crippen LogP contribution in [0.5, 0.6) is 0 Å². The quantitative estimate of drug-likeness (QED) is 0.211. The number of nitrogens with zero attached hydrogens (tertiary/aromatic N) is 2. The summed E-state index contributed by atoms with van der Waals surface area (Å²) in [5.41, 5.74) is 4.78. The first-order chi connectivity index (χ1) is 16.7. The monoisotopic (exact) mass is 460 g/mol. The summed E-state index contributed by atoms with van der Waals surface area (Å²) in [6.45, 7) is 4.47. The van der Waals surface area contributed by atoms with Crippen molar-refractivity contribution < 1.29 is 4.39 Å². The van der Waals surface area contributed by atoms with Crippen LogP contribution >= 0.6 is 0 Å². The largest absolute Gasteiger partial charge is 0.236 e.